The fourth-order valence-electron chi connectivity index (χ4n) is 2.99. The number of amides is 1. The quantitative estimate of drug-likeness (QED) is 0.273. The molecule has 1 amide bonds. The van der Waals surface area contributed by atoms with Crippen molar-refractivity contribution in [1.29, 1.82) is 0 Å². The van der Waals surface area contributed by atoms with E-state index in [0.29, 0.717) is 18.6 Å². The zero-order valence-electron chi connectivity index (χ0n) is 18.2. The second kappa shape index (κ2) is 12.1. The van der Waals surface area contributed by atoms with Gasteiger partial charge in [0.05, 0.1) is 18.9 Å². The van der Waals surface area contributed by atoms with Gasteiger partial charge in [-0.15, -0.1) is 13.2 Å². The van der Waals surface area contributed by atoms with Gasteiger partial charge in [-0.3, -0.25) is 9.59 Å². The number of halogens is 5. The summed E-state index contributed by atoms with van der Waals surface area (Å²) in [5, 5.41) is 0. The predicted molar refractivity (Wildman–Crippen MR) is 112 cm³/mol. The molecule has 0 spiro atoms. The maximum Gasteiger partial charge on any atom is 0.573 e. The summed E-state index contributed by atoms with van der Waals surface area (Å²) in [6.07, 6.45) is -3.98. The number of carbonyl (C=O) groups is 2. The van der Waals surface area contributed by atoms with Crippen LogP contribution in [0.3, 0.4) is 0 Å². The van der Waals surface area contributed by atoms with Crippen LogP contribution in [0.2, 0.25) is 0 Å². The number of carbonyl (C=O) groups excluding carboxylic acids is 2. The van der Waals surface area contributed by atoms with E-state index in [1.807, 2.05) is 0 Å². The Hall–Kier alpha value is -3.57. The number of unbranched alkanes of at least 4 members (excludes halogenated alkanes) is 1. The van der Waals surface area contributed by atoms with Crippen LogP contribution in [0.1, 0.15) is 30.1 Å². The molecule has 12 heteroatoms. The molecule has 0 saturated carbocycles. The third-order valence-electron chi connectivity index (χ3n) is 4.43. The van der Waals surface area contributed by atoms with E-state index in [0.717, 1.165) is 24.3 Å². The fraction of sp³-hybridized carbons (Fsp3) is 0.364. The number of nitrogens with two attached hydrogens (primary N) is 1. The van der Waals surface area contributed by atoms with Gasteiger partial charge in [0, 0.05) is 6.54 Å². The second-order valence-corrected chi connectivity index (χ2v) is 6.92. The number of ether oxygens (including phenoxy) is 3. The topological polar surface area (TPSA) is 91.1 Å². The Kier molecular flexibility index (Phi) is 9.46. The lowest BCUT2D eigenvalue weighted by atomic mass is 10.1. The van der Waals surface area contributed by atoms with Crippen LogP contribution in [0.4, 0.5) is 27.6 Å². The molecule has 2 aromatic carbocycles. The lowest BCUT2D eigenvalue weighted by Crippen LogP contribution is -2.33. The number of benzene rings is 2. The van der Waals surface area contributed by atoms with E-state index in [4.69, 9.17) is 15.2 Å². The number of nitrogens with zero attached hydrogens (tertiary/aromatic N) is 1. The molecule has 2 aromatic rings. The average molecular weight is 490 g/mol. The maximum atomic E-state index is 14.8. The number of hydrogen-bond acceptors (Lipinski definition) is 6. The van der Waals surface area contributed by atoms with Crippen LogP contribution < -0.4 is 20.1 Å². The Morgan fingerprint density at radius 3 is 2.24 bits per heavy atom. The van der Waals surface area contributed by atoms with Gasteiger partial charge in [0.2, 0.25) is 0 Å². The predicted octanol–water partition coefficient (Wildman–Crippen LogP) is 4.19. The first-order valence-corrected chi connectivity index (χ1v) is 10.2. The number of hydrogen-bond donors (Lipinski definition) is 1. The van der Waals surface area contributed by atoms with Gasteiger partial charge in [-0.25, -0.2) is 8.78 Å². The SMILES string of the molecule is CCOC(=O)CN(CCCCOc1ccc(OC(F)(F)F)cc1)c1ccc(F)c(C(N)=O)c1F. The molecule has 0 heterocycles. The third kappa shape index (κ3) is 8.09. The van der Waals surface area contributed by atoms with E-state index in [1.165, 1.54) is 17.0 Å². The van der Waals surface area contributed by atoms with Crippen molar-refractivity contribution in [3.63, 3.8) is 0 Å². The summed E-state index contributed by atoms with van der Waals surface area (Å²) in [4.78, 5) is 24.7. The number of alkyl halides is 3. The van der Waals surface area contributed by atoms with Crippen LogP contribution in [0.15, 0.2) is 36.4 Å². The van der Waals surface area contributed by atoms with Crippen molar-refractivity contribution in [3.8, 4) is 11.5 Å². The highest BCUT2D eigenvalue weighted by atomic mass is 19.4. The molecule has 0 radical (unpaired) electrons. The van der Waals surface area contributed by atoms with Crippen molar-refractivity contribution in [3.05, 3.63) is 53.6 Å². The van der Waals surface area contributed by atoms with Crippen LogP contribution in [-0.2, 0) is 9.53 Å². The van der Waals surface area contributed by atoms with E-state index >= 15 is 0 Å². The fourth-order valence-corrected chi connectivity index (χ4v) is 2.99. The first kappa shape index (κ1) is 26.7. The van der Waals surface area contributed by atoms with Gasteiger partial charge >= 0.3 is 12.3 Å². The first-order valence-electron chi connectivity index (χ1n) is 10.2. The van der Waals surface area contributed by atoms with Gasteiger partial charge in [-0.1, -0.05) is 0 Å². The van der Waals surface area contributed by atoms with Crippen molar-refractivity contribution in [2.45, 2.75) is 26.1 Å². The normalized spacial score (nSPS) is 11.1. The Morgan fingerprint density at radius 2 is 1.65 bits per heavy atom. The summed E-state index contributed by atoms with van der Waals surface area (Å²) >= 11 is 0. The molecule has 0 bridgehead atoms. The van der Waals surface area contributed by atoms with Crippen molar-refractivity contribution < 1.29 is 45.8 Å². The molecule has 0 aliphatic heterocycles. The first-order chi connectivity index (χ1) is 16.0. The van der Waals surface area contributed by atoms with E-state index in [9.17, 15) is 31.5 Å². The molecule has 0 fully saturated rings. The zero-order valence-corrected chi connectivity index (χ0v) is 18.2. The van der Waals surface area contributed by atoms with Crippen molar-refractivity contribution >= 4 is 17.6 Å². The van der Waals surface area contributed by atoms with Crippen LogP contribution in [0.5, 0.6) is 11.5 Å². The summed E-state index contributed by atoms with van der Waals surface area (Å²) in [7, 11) is 0. The zero-order chi connectivity index (χ0) is 25.3. The number of primary amides is 1. The summed E-state index contributed by atoms with van der Waals surface area (Å²) in [6.45, 7) is 1.65. The number of rotatable bonds is 12. The summed E-state index contributed by atoms with van der Waals surface area (Å²) in [6, 6.07) is 6.82. The molecule has 186 valence electrons. The van der Waals surface area contributed by atoms with Gasteiger partial charge in [0.15, 0.2) is 5.82 Å². The maximum absolute atomic E-state index is 14.8. The van der Waals surface area contributed by atoms with E-state index in [1.54, 1.807) is 6.92 Å². The molecule has 0 aromatic heterocycles. The van der Waals surface area contributed by atoms with Gasteiger partial charge in [-0.2, -0.15) is 0 Å². The Labute approximate surface area is 192 Å². The van der Waals surface area contributed by atoms with Gasteiger partial charge in [0.1, 0.15) is 29.4 Å². The number of esters is 1. The molecular weight excluding hydrogens is 467 g/mol. The van der Waals surface area contributed by atoms with E-state index in [2.05, 4.69) is 4.74 Å². The van der Waals surface area contributed by atoms with Gasteiger partial charge < -0.3 is 24.8 Å². The molecule has 0 aliphatic rings. The lowest BCUT2D eigenvalue weighted by molar-refractivity contribution is -0.274. The average Bonchev–Trinajstić information content (AvgIpc) is 2.73. The summed E-state index contributed by atoms with van der Waals surface area (Å²) in [5.74, 6) is -4.31. The highest BCUT2D eigenvalue weighted by Gasteiger charge is 2.31. The number of anilines is 1. The minimum Gasteiger partial charge on any atom is -0.494 e. The van der Waals surface area contributed by atoms with Crippen LogP contribution >= 0.6 is 0 Å². The largest absolute Gasteiger partial charge is 0.573 e. The molecule has 0 atom stereocenters. The molecule has 34 heavy (non-hydrogen) atoms. The summed E-state index contributed by atoms with van der Waals surface area (Å²) in [5.41, 5.74) is 3.96. The highest BCUT2D eigenvalue weighted by Crippen LogP contribution is 2.26. The minimum atomic E-state index is -4.79. The lowest BCUT2D eigenvalue weighted by Gasteiger charge is -2.25. The van der Waals surface area contributed by atoms with Crippen LogP contribution in [-0.4, -0.2) is 44.5 Å². The molecule has 7 nitrogen and oxygen atoms in total. The Bertz CT molecular complexity index is 983. The molecule has 0 saturated heterocycles. The standard InChI is InChI=1S/C22H23F5N2O5/c1-2-32-18(30)13-29(17-10-9-16(23)19(20(17)24)21(28)31)11-3-4-12-33-14-5-7-15(8-6-14)34-22(25,26)27/h5-10H,2-4,11-13H2,1H3,(H2,28,31). The van der Waals surface area contributed by atoms with Crippen LogP contribution in [0.25, 0.3) is 0 Å². The molecule has 2 N–H and O–H groups in total. The smallest absolute Gasteiger partial charge is 0.494 e. The van der Waals surface area contributed by atoms with Crippen molar-refractivity contribution in [2.75, 3.05) is 31.2 Å². The van der Waals surface area contributed by atoms with Crippen molar-refractivity contribution in [2.24, 2.45) is 5.73 Å². The minimum absolute atomic E-state index is 0.103. The monoisotopic (exact) mass is 490 g/mol. The van der Waals surface area contributed by atoms with E-state index < -0.39 is 35.4 Å². The second-order valence-electron chi connectivity index (χ2n) is 6.92. The molecule has 0 unspecified atom stereocenters. The molecule has 2 rings (SSSR count). The Balaban J connectivity index is 1.98. The molecule has 0 aliphatic carbocycles. The highest BCUT2D eigenvalue weighted by molar-refractivity contribution is 5.94. The third-order valence-corrected chi connectivity index (χ3v) is 4.43. The van der Waals surface area contributed by atoms with Gasteiger partial charge in [-0.05, 0) is 56.2 Å². The van der Waals surface area contributed by atoms with E-state index in [-0.39, 0.29) is 37.7 Å². The Morgan fingerprint density at radius 1 is 1.00 bits per heavy atom. The van der Waals surface area contributed by atoms with Crippen molar-refractivity contribution in [1.82, 2.24) is 0 Å². The van der Waals surface area contributed by atoms with Crippen LogP contribution in [0, 0.1) is 11.6 Å². The summed E-state index contributed by atoms with van der Waals surface area (Å²) < 4.78 is 79.3. The van der Waals surface area contributed by atoms with Gasteiger partial charge in [0.25, 0.3) is 5.91 Å². The molecular formula is C22H23F5N2O5.